The van der Waals surface area contributed by atoms with E-state index < -0.39 is 6.04 Å². The summed E-state index contributed by atoms with van der Waals surface area (Å²) in [5, 5.41) is 4.93. The fraction of sp³-hybridized carbons (Fsp3) is 0.389. The number of carbonyl (C=O) groups excluding carboxylic acids is 2. The maximum Gasteiger partial charge on any atom is 0.318 e. The zero-order chi connectivity index (χ0) is 30.6. The summed E-state index contributed by atoms with van der Waals surface area (Å²) in [6, 6.07) is 23.6. The Hall–Kier alpha value is -3.81. The number of benzene rings is 3. The molecule has 2 aliphatic rings. The number of carbonyl (C=O) groups is 2. The van der Waals surface area contributed by atoms with Crippen molar-refractivity contribution in [2.45, 2.75) is 38.1 Å². The highest BCUT2D eigenvalue weighted by Gasteiger charge is 2.35. The van der Waals surface area contributed by atoms with Crippen LogP contribution in [-0.2, 0) is 24.1 Å². The quantitative estimate of drug-likeness (QED) is 0.251. The van der Waals surface area contributed by atoms with Crippen LogP contribution in [-0.4, -0.2) is 73.0 Å². The first-order chi connectivity index (χ1) is 21.3. The summed E-state index contributed by atoms with van der Waals surface area (Å²) < 4.78 is 0. The molecule has 0 radical (unpaired) electrons. The highest BCUT2D eigenvalue weighted by molar-refractivity contribution is 6.30. The van der Waals surface area contributed by atoms with Crippen molar-refractivity contribution in [2.75, 3.05) is 45.2 Å². The van der Waals surface area contributed by atoms with Gasteiger partial charge in [-0.05, 0) is 92.6 Å². The molecule has 8 heteroatoms. The second-order valence-electron chi connectivity index (χ2n) is 12.7. The number of anilines is 1. The molecule has 6 rings (SSSR count). The van der Waals surface area contributed by atoms with E-state index in [-0.39, 0.29) is 17.9 Å². The third-order valence-electron chi connectivity index (χ3n) is 9.13. The molecule has 2 aliphatic heterocycles. The molecule has 0 unspecified atom stereocenters. The van der Waals surface area contributed by atoms with Crippen LogP contribution in [0.2, 0.25) is 5.02 Å². The number of likely N-dealkylation sites (tertiary alicyclic amines) is 1. The van der Waals surface area contributed by atoms with Crippen molar-refractivity contribution in [2.24, 2.45) is 11.8 Å². The van der Waals surface area contributed by atoms with Gasteiger partial charge in [-0.2, -0.15) is 0 Å². The van der Waals surface area contributed by atoms with Crippen LogP contribution in [0.15, 0.2) is 79.0 Å². The van der Waals surface area contributed by atoms with E-state index in [1.54, 1.807) is 0 Å². The van der Waals surface area contributed by atoms with E-state index in [0.717, 1.165) is 59.9 Å². The summed E-state index contributed by atoms with van der Waals surface area (Å²) in [7, 11) is 4.12. The number of fused-ring (bicyclic) bond motifs is 2. The molecule has 4 aromatic rings. The molecule has 0 saturated carbocycles. The van der Waals surface area contributed by atoms with Gasteiger partial charge in [-0.1, -0.05) is 60.1 Å². The lowest BCUT2D eigenvalue weighted by molar-refractivity contribution is -0.120. The molecule has 1 saturated heterocycles. The number of nitrogens with zero attached hydrogens (tertiary/aromatic N) is 3. The number of piperidine rings is 1. The Morgan fingerprint density at radius 3 is 2.52 bits per heavy atom. The summed E-state index contributed by atoms with van der Waals surface area (Å²) in [5.74, 6) is 0.720. The molecule has 0 aliphatic carbocycles. The van der Waals surface area contributed by atoms with Crippen molar-refractivity contribution in [1.29, 1.82) is 0 Å². The Kier molecular flexibility index (Phi) is 9.24. The summed E-state index contributed by atoms with van der Waals surface area (Å²) in [6.07, 6.45) is 6.16. The lowest BCUT2D eigenvalue weighted by atomic mass is 9.90. The standard InChI is InChI=1S/C36H42ClN5O2/c1-40(2)23-27-19-28-20-30(37)12-13-34(28)42(24-27)35(43)33(21-29-22-38-32-11-7-6-10-31(29)32)39-36(44)41-16-14-26(15-17-41)18-25-8-4-3-5-9-25/h3-13,20,22,26-27,33,38H,14-19,21,23-24H2,1-2H3,(H,39,44)/t27-,33+/m0/s1. The van der Waals surface area contributed by atoms with E-state index in [2.05, 4.69) is 59.6 Å². The zero-order valence-corrected chi connectivity index (χ0v) is 26.4. The third kappa shape index (κ3) is 6.95. The van der Waals surface area contributed by atoms with Gasteiger partial charge in [0.25, 0.3) is 0 Å². The molecular weight excluding hydrogens is 570 g/mol. The second-order valence-corrected chi connectivity index (χ2v) is 13.2. The van der Waals surface area contributed by atoms with Crippen LogP contribution in [0.25, 0.3) is 10.9 Å². The number of aromatic amines is 1. The van der Waals surface area contributed by atoms with Crippen LogP contribution in [0.1, 0.15) is 29.5 Å². The van der Waals surface area contributed by atoms with Gasteiger partial charge in [-0.25, -0.2) is 4.79 Å². The fourth-order valence-electron chi connectivity index (χ4n) is 7.00. The minimum Gasteiger partial charge on any atom is -0.361 e. The Bertz CT molecular complexity index is 1590. The number of halogens is 1. The Balaban J connectivity index is 1.22. The average Bonchev–Trinajstić information content (AvgIpc) is 3.43. The van der Waals surface area contributed by atoms with Gasteiger partial charge in [0.15, 0.2) is 0 Å². The smallest absolute Gasteiger partial charge is 0.318 e. The predicted molar refractivity (Wildman–Crippen MR) is 178 cm³/mol. The van der Waals surface area contributed by atoms with Gasteiger partial charge < -0.3 is 25.0 Å². The minimum absolute atomic E-state index is 0.0883. The highest BCUT2D eigenvalue weighted by Crippen LogP contribution is 2.33. The number of aromatic nitrogens is 1. The van der Waals surface area contributed by atoms with Gasteiger partial charge >= 0.3 is 6.03 Å². The molecule has 1 fully saturated rings. The van der Waals surface area contributed by atoms with Gasteiger partial charge in [-0.3, -0.25) is 4.79 Å². The molecule has 230 valence electrons. The lowest BCUT2D eigenvalue weighted by Crippen LogP contribution is -2.56. The fourth-order valence-corrected chi connectivity index (χ4v) is 7.19. The first-order valence-corrected chi connectivity index (χ1v) is 16.1. The van der Waals surface area contributed by atoms with Gasteiger partial charge in [0.1, 0.15) is 6.04 Å². The number of hydrogen-bond donors (Lipinski definition) is 2. The van der Waals surface area contributed by atoms with E-state index in [1.165, 1.54) is 5.56 Å². The molecule has 3 heterocycles. The number of hydrogen-bond acceptors (Lipinski definition) is 3. The Morgan fingerprint density at radius 1 is 1.00 bits per heavy atom. The van der Waals surface area contributed by atoms with Crippen molar-refractivity contribution >= 4 is 40.1 Å². The average molecular weight is 612 g/mol. The highest BCUT2D eigenvalue weighted by atomic mass is 35.5. The van der Waals surface area contributed by atoms with Crippen LogP contribution in [0.5, 0.6) is 0 Å². The van der Waals surface area contributed by atoms with E-state index in [9.17, 15) is 9.59 Å². The van der Waals surface area contributed by atoms with Gasteiger partial charge in [0.05, 0.1) is 0 Å². The molecule has 0 bridgehead atoms. The number of para-hydroxylation sites is 1. The number of rotatable bonds is 8. The topological polar surface area (TPSA) is 71.7 Å². The van der Waals surface area contributed by atoms with Crippen molar-refractivity contribution < 1.29 is 9.59 Å². The summed E-state index contributed by atoms with van der Waals surface area (Å²) >= 11 is 6.40. The molecule has 7 nitrogen and oxygen atoms in total. The van der Waals surface area contributed by atoms with Crippen molar-refractivity contribution in [1.82, 2.24) is 20.1 Å². The van der Waals surface area contributed by atoms with Crippen LogP contribution < -0.4 is 10.2 Å². The first kappa shape index (κ1) is 30.2. The Labute approximate surface area is 265 Å². The first-order valence-electron chi connectivity index (χ1n) is 15.7. The predicted octanol–water partition coefficient (Wildman–Crippen LogP) is 6.16. The number of H-pyrrole nitrogens is 1. The Morgan fingerprint density at radius 2 is 1.75 bits per heavy atom. The molecule has 2 N–H and O–H groups in total. The lowest BCUT2D eigenvalue weighted by Gasteiger charge is -2.38. The van der Waals surface area contributed by atoms with Crippen LogP contribution >= 0.6 is 11.6 Å². The molecule has 2 atom stereocenters. The van der Waals surface area contributed by atoms with Gasteiger partial charge in [0.2, 0.25) is 5.91 Å². The van der Waals surface area contributed by atoms with E-state index in [0.29, 0.717) is 37.0 Å². The minimum atomic E-state index is -0.717. The number of amides is 3. The largest absolute Gasteiger partial charge is 0.361 e. The molecule has 1 aromatic heterocycles. The van der Waals surface area contributed by atoms with E-state index in [4.69, 9.17) is 11.6 Å². The molecule has 0 spiro atoms. The number of nitrogens with one attached hydrogen (secondary N) is 2. The van der Waals surface area contributed by atoms with Gasteiger partial charge in [0, 0.05) is 60.4 Å². The van der Waals surface area contributed by atoms with E-state index in [1.807, 2.05) is 58.5 Å². The zero-order valence-electron chi connectivity index (χ0n) is 25.6. The monoisotopic (exact) mass is 611 g/mol. The van der Waals surface area contributed by atoms with E-state index >= 15 is 0 Å². The summed E-state index contributed by atoms with van der Waals surface area (Å²) in [6.45, 7) is 2.82. The van der Waals surface area contributed by atoms with Gasteiger partial charge in [-0.15, -0.1) is 0 Å². The maximum atomic E-state index is 14.5. The molecule has 3 amide bonds. The molecule has 3 aromatic carbocycles. The number of urea groups is 1. The SMILES string of the molecule is CN(C)C[C@@H]1Cc2cc(Cl)ccc2N(C(=O)[C@@H](Cc2c[nH]c3ccccc23)NC(=O)N2CCC(Cc3ccccc3)CC2)C1. The van der Waals surface area contributed by atoms with Crippen LogP contribution in [0.3, 0.4) is 0 Å². The van der Waals surface area contributed by atoms with Crippen LogP contribution in [0, 0.1) is 11.8 Å². The molecule has 44 heavy (non-hydrogen) atoms. The third-order valence-corrected chi connectivity index (χ3v) is 9.37. The normalized spacial score (nSPS) is 18.0. The second kappa shape index (κ2) is 13.4. The van der Waals surface area contributed by atoms with Crippen molar-refractivity contribution in [3.63, 3.8) is 0 Å². The van der Waals surface area contributed by atoms with Crippen molar-refractivity contribution in [3.8, 4) is 0 Å². The maximum absolute atomic E-state index is 14.5. The van der Waals surface area contributed by atoms with Crippen LogP contribution in [0.4, 0.5) is 10.5 Å². The summed E-state index contributed by atoms with van der Waals surface area (Å²) in [5.41, 5.74) is 5.33. The summed E-state index contributed by atoms with van der Waals surface area (Å²) in [4.78, 5) is 37.6. The molecular formula is C36H42ClN5O2. The van der Waals surface area contributed by atoms with Crippen molar-refractivity contribution in [3.05, 3.63) is 101 Å².